The summed E-state index contributed by atoms with van der Waals surface area (Å²) in [5.74, 6) is 0.807. The second-order valence-electron chi connectivity index (χ2n) is 7.82. The Labute approximate surface area is 134 Å². The first kappa shape index (κ1) is 17.5. The summed E-state index contributed by atoms with van der Waals surface area (Å²) in [6.45, 7) is 9.83. The molecule has 0 aromatic carbocycles. The van der Waals surface area contributed by atoms with Gasteiger partial charge >= 0.3 is 6.09 Å². The van der Waals surface area contributed by atoms with Gasteiger partial charge < -0.3 is 15.2 Å². The number of carbonyl (C=O) groups excluding carboxylic acids is 1. The lowest BCUT2D eigenvalue weighted by atomic mass is 9.87. The highest BCUT2D eigenvalue weighted by atomic mass is 16.6. The van der Waals surface area contributed by atoms with Gasteiger partial charge in [-0.05, 0) is 65.3 Å². The van der Waals surface area contributed by atoms with Crippen molar-refractivity contribution in [3.05, 3.63) is 0 Å². The van der Waals surface area contributed by atoms with Gasteiger partial charge in [-0.25, -0.2) is 4.79 Å². The number of nitrogens with one attached hydrogen (secondary N) is 1. The van der Waals surface area contributed by atoms with E-state index in [1.54, 1.807) is 0 Å². The maximum atomic E-state index is 12.1. The number of alkyl carbamates (subject to hydrolysis) is 1. The van der Waals surface area contributed by atoms with Gasteiger partial charge in [-0.1, -0.05) is 6.92 Å². The Balaban J connectivity index is 1.97. The van der Waals surface area contributed by atoms with Gasteiger partial charge in [0.05, 0.1) is 6.10 Å². The molecule has 0 aromatic heterocycles. The molecular weight excluding hydrogens is 280 g/mol. The molecule has 128 valence electrons. The average molecular weight is 312 g/mol. The summed E-state index contributed by atoms with van der Waals surface area (Å²) in [4.78, 5) is 14.5. The number of carbonyl (C=O) groups is 1. The molecule has 3 atom stereocenters. The first-order valence-corrected chi connectivity index (χ1v) is 8.70. The van der Waals surface area contributed by atoms with Gasteiger partial charge in [-0.2, -0.15) is 0 Å². The van der Waals surface area contributed by atoms with Crippen LogP contribution >= 0.6 is 0 Å². The SMILES string of the molecule is CCN(CC1CC1)C1CC(O)CCC1NC(=O)OC(C)(C)C. The zero-order valence-electron chi connectivity index (χ0n) is 14.5. The predicted octanol–water partition coefficient (Wildman–Crippen LogP) is 2.53. The molecular formula is C17H32N2O3. The molecule has 1 amide bonds. The molecule has 2 N–H and O–H groups in total. The van der Waals surface area contributed by atoms with Crippen molar-refractivity contribution in [1.29, 1.82) is 0 Å². The molecule has 2 fully saturated rings. The number of aliphatic hydroxyl groups is 1. The summed E-state index contributed by atoms with van der Waals surface area (Å²) in [7, 11) is 0. The van der Waals surface area contributed by atoms with Crippen LogP contribution in [0, 0.1) is 5.92 Å². The molecule has 3 unspecified atom stereocenters. The Morgan fingerprint density at radius 1 is 1.27 bits per heavy atom. The molecule has 2 rings (SSSR count). The second-order valence-corrected chi connectivity index (χ2v) is 7.82. The third-order valence-electron chi connectivity index (χ3n) is 4.56. The van der Waals surface area contributed by atoms with Crippen LogP contribution in [-0.4, -0.2) is 53.0 Å². The number of nitrogens with zero attached hydrogens (tertiary/aromatic N) is 1. The summed E-state index contributed by atoms with van der Waals surface area (Å²) >= 11 is 0. The highest BCUT2D eigenvalue weighted by Crippen LogP contribution is 2.32. The van der Waals surface area contributed by atoms with Crippen LogP contribution in [0.4, 0.5) is 4.79 Å². The zero-order chi connectivity index (χ0) is 16.3. The van der Waals surface area contributed by atoms with E-state index < -0.39 is 5.60 Å². The van der Waals surface area contributed by atoms with Crippen LogP contribution in [0.3, 0.4) is 0 Å². The van der Waals surface area contributed by atoms with Crippen LogP contribution in [0.2, 0.25) is 0 Å². The third kappa shape index (κ3) is 5.43. The number of rotatable bonds is 5. The fourth-order valence-electron chi connectivity index (χ4n) is 3.29. The number of hydrogen-bond donors (Lipinski definition) is 2. The fourth-order valence-corrected chi connectivity index (χ4v) is 3.29. The number of hydrogen-bond acceptors (Lipinski definition) is 4. The molecule has 0 heterocycles. The number of likely N-dealkylation sites (N-methyl/N-ethyl adjacent to an activating group) is 1. The molecule has 2 aliphatic carbocycles. The van der Waals surface area contributed by atoms with E-state index in [4.69, 9.17) is 4.74 Å². The maximum absolute atomic E-state index is 12.1. The molecule has 0 saturated heterocycles. The van der Waals surface area contributed by atoms with E-state index >= 15 is 0 Å². The van der Waals surface area contributed by atoms with Gasteiger partial charge in [0.25, 0.3) is 0 Å². The first-order chi connectivity index (χ1) is 10.3. The Morgan fingerprint density at radius 2 is 1.95 bits per heavy atom. The van der Waals surface area contributed by atoms with E-state index in [1.807, 2.05) is 20.8 Å². The van der Waals surface area contributed by atoms with Crippen molar-refractivity contribution >= 4 is 6.09 Å². The van der Waals surface area contributed by atoms with Crippen LogP contribution in [-0.2, 0) is 4.74 Å². The lowest BCUT2D eigenvalue weighted by molar-refractivity contribution is 0.0231. The molecule has 0 aromatic rings. The molecule has 0 spiro atoms. The molecule has 0 radical (unpaired) electrons. The van der Waals surface area contributed by atoms with Gasteiger partial charge in [0, 0.05) is 18.6 Å². The molecule has 0 aliphatic heterocycles. The van der Waals surface area contributed by atoms with Crippen molar-refractivity contribution in [3.8, 4) is 0 Å². The van der Waals surface area contributed by atoms with E-state index in [1.165, 1.54) is 12.8 Å². The summed E-state index contributed by atoms with van der Waals surface area (Å²) in [5.41, 5.74) is -0.480. The van der Waals surface area contributed by atoms with Crippen LogP contribution in [0.1, 0.15) is 59.8 Å². The summed E-state index contributed by atoms with van der Waals surface area (Å²) in [6.07, 6.45) is 4.33. The number of amides is 1. The second kappa shape index (κ2) is 7.18. The van der Waals surface area contributed by atoms with Gasteiger partial charge in [0.2, 0.25) is 0 Å². The topological polar surface area (TPSA) is 61.8 Å². The largest absolute Gasteiger partial charge is 0.444 e. The molecule has 22 heavy (non-hydrogen) atoms. The van der Waals surface area contributed by atoms with Gasteiger partial charge in [0.15, 0.2) is 0 Å². The minimum Gasteiger partial charge on any atom is -0.444 e. The normalized spacial score (nSPS) is 29.5. The highest BCUT2D eigenvalue weighted by molar-refractivity contribution is 5.68. The molecule has 5 nitrogen and oxygen atoms in total. The van der Waals surface area contributed by atoms with Crippen LogP contribution in [0.5, 0.6) is 0 Å². The van der Waals surface area contributed by atoms with Crippen molar-refractivity contribution in [2.45, 2.75) is 83.6 Å². The van der Waals surface area contributed by atoms with Gasteiger partial charge in [-0.3, -0.25) is 4.90 Å². The van der Waals surface area contributed by atoms with Crippen molar-refractivity contribution in [1.82, 2.24) is 10.2 Å². The van der Waals surface area contributed by atoms with E-state index in [0.29, 0.717) is 0 Å². The van der Waals surface area contributed by atoms with Gasteiger partial charge in [0.1, 0.15) is 5.60 Å². The van der Waals surface area contributed by atoms with Crippen LogP contribution in [0.15, 0.2) is 0 Å². The summed E-state index contributed by atoms with van der Waals surface area (Å²) < 4.78 is 5.39. The predicted molar refractivity (Wildman–Crippen MR) is 86.8 cm³/mol. The standard InChI is InChI=1S/C17H32N2O3/c1-5-19(11-12-6-7-12)15-10-13(20)8-9-14(15)18-16(21)22-17(2,3)4/h12-15,20H,5-11H2,1-4H3,(H,18,21). The minimum atomic E-state index is -0.480. The first-order valence-electron chi connectivity index (χ1n) is 8.70. The third-order valence-corrected chi connectivity index (χ3v) is 4.56. The van der Waals surface area contributed by atoms with Crippen molar-refractivity contribution < 1.29 is 14.6 Å². The van der Waals surface area contributed by atoms with E-state index in [0.717, 1.165) is 38.3 Å². The Morgan fingerprint density at radius 3 is 2.50 bits per heavy atom. The Bertz CT molecular complexity index is 377. The van der Waals surface area contributed by atoms with E-state index in [-0.39, 0.29) is 24.3 Å². The number of ether oxygens (including phenoxy) is 1. The maximum Gasteiger partial charge on any atom is 0.407 e. The summed E-state index contributed by atoms with van der Waals surface area (Å²) in [5, 5.41) is 13.1. The Hall–Kier alpha value is -0.810. The van der Waals surface area contributed by atoms with E-state index in [2.05, 4.69) is 17.1 Å². The van der Waals surface area contributed by atoms with Crippen molar-refractivity contribution in [2.75, 3.05) is 13.1 Å². The lowest BCUT2D eigenvalue weighted by Crippen LogP contribution is -2.56. The monoisotopic (exact) mass is 312 g/mol. The fraction of sp³-hybridized carbons (Fsp3) is 0.941. The molecule has 0 bridgehead atoms. The minimum absolute atomic E-state index is 0.0666. The van der Waals surface area contributed by atoms with Crippen molar-refractivity contribution in [3.63, 3.8) is 0 Å². The molecule has 5 heteroatoms. The Kier molecular flexibility index (Phi) is 5.72. The highest BCUT2D eigenvalue weighted by Gasteiger charge is 2.37. The van der Waals surface area contributed by atoms with Crippen LogP contribution < -0.4 is 5.32 Å². The lowest BCUT2D eigenvalue weighted by Gasteiger charge is -2.41. The summed E-state index contributed by atoms with van der Waals surface area (Å²) in [6, 6.07) is 0.277. The van der Waals surface area contributed by atoms with Gasteiger partial charge in [-0.15, -0.1) is 0 Å². The number of aliphatic hydroxyl groups excluding tert-OH is 1. The quantitative estimate of drug-likeness (QED) is 0.819. The van der Waals surface area contributed by atoms with E-state index in [9.17, 15) is 9.90 Å². The zero-order valence-corrected chi connectivity index (χ0v) is 14.5. The smallest absolute Gasteiger partial charge is 0.407 e. The van der Waals surface area contributed by atoms with Crippen LogP contribution in [0.25, 0.3) is 0 Å². The molecule has 2 aliphatic rings. The van der Waals surface area contributed by atoms with Crippen molar-refractivity contribution in [2.24, 2.45) is 5.92 Å². The average Bonchev–Trinajstić information content (AvgIpc) is 3.20. The molecule has 2 saturated carbocycles.